The molecule has 3 nitrogen and oxygen atoms in total. The zero-order valence-electron chi connectivity index (χ0n) is 11.2. The molecule has 1 saturated carbocycles. The topological polar surface area (TPSA) is 42.0 Å². The van der Waals surface area contributed by atoms with E-state index in [2.05, 4.69) is 24.1 Å². The van der Waals surface area contributed by atoms with Gasteiger partial charge in [-0.05, 0) is 24.7 Å². The molecule has 1 heterocycles. The molecular formula is C14H22N2OS. The summed E-state index contributed by atoms with van der Waals surface area (Å²) in [6, 6.07) is 0.372. The minimum atomic E-state index is 0.121. The molecule has 1 fully saturated rings. The highest BCUT2D eigenvalue weighted by atomic mass is 32.1. The van der Waals surface area contributed by atoms with Crippen LogP contribution in [0.1, 0.15) is 45.2 Å². The van der Waals surface area contributed by atoms with Gasteiger partial charge < -0.3 is 5.32 Å². The van der Waals surface area contributed by atoms with Gasteiger partial charge >= 0.3 is 0 Å². The molecule has 0 unspecified atom stereocenters. The van der Waals surface area contributed by atoms with Gasteiger partial charge in [0.25, 0.3) is 0 Å². The molecule has 1 aliphatic carbocycles. The van der Waals surface area contributed by atoms with E-state index in [1.54, 1.807) is 16.8 Å². The van der Waals surface area contributed by atoms with Crippen LogP contribution in [-0.2, 0) is 11.2 Å². The van der Waals surface area contributed by atoms with Crippen molar-refractivity contribution in [3.05, 3.63) is 16.6 Å². The molecular weight excluding hydrogens is 244 g/mol. The highest BCUT2D eigenvalue weighted by Gasteiger charge is 2.25. The average Bonchev–Trinajstić information content (AvgIpc) is 2.82. The molecule has 1 aliphatic rings. The minimum absolute atomic E-state index is 0.121. The van der Waals surface area contributed by atoms with Crippen LogP contribution < -0.4 is 5.32 Å². The lowest BCUT2D eigenvalue weighted by Gasteiger charge is -2.32. The van der Waals surface area contributed by atoms with Crippen molar-refractivity contribution in [1.82, 2.24) is 10.3 Å². The van der Waals surface area contributed by atoms with Gasteiger partial charge in [-0.25, -0.2) is 4.98 Å². The first-order chi connectivity index (χ1) is 8.65. The minimum Gasteiger partial charge on any atom is -0.353 e. The van der Waals surface area contributed by atoms with Crippen LogP contribution in [0.15, 0.2) is 10.9 Å². The molecule has 1 N–H and O–H groups in total. The predicted octanol–water partition coefficient (Wildman–Crippen LogP) is 3.02. The molecule has 0 aliphatic heterocycles. The van der Waals surface area contributed by atoms with Gasteiger partial charge in [-0.1, -0.05) is 26.7 Å². The van der Waals surface area contributed by atoms with E-state index in [9.17, 15) is 4.79 Å². The maximum atomic E-state index is 11.9. The summed E-state index contributed by atoms with van der Waals surface area (Å²) in [4.78, 5) is 16.1. The van der Waals surface area contributed by atoms with E-state index in [-0.39, 0.29) is 5.91 Å². The van der Waals surface area contributed by atoms with Gasteiger partial charge in [-0.2, -0.15) is 0 Å². The summed E-state index contributed by atoms with van der Waals surface area (Å²) in [5.74, 6) is 1.61. The van der Waals surface area contributed by atoms with Gasteiger partial charge in [0.2, 0.25) is 5.91 Å². The third-order valence-corrected chi connectivity index (χ3v) is 4.48. The van der Waals surface area contributed by atoms with Crippen molar-refractivity contribution in [2.45, 2.75) is 52.0 Å². The van der Waals surface area contributed by atoms with Crippen molar-refractivity contribution in [3.8, 4) is 0 Å². The molecule has 1 aromatic heterocycles. The second kappa shape index (κ2) is 6.32. The van der Waals surface area contributed by atoms with Crippen LogP contribution in [0.25, 0.3) is 0 Å². The quantitative estimate of drug-likeness (QED) is 0.910. The molecule has 0 spiro atoms. The SMILES string of the molecule is CC(C)[C@@H]1CCC[C@@H](NC(=O)Cc2cscn2)C1. The number of hydrogen-bond donors (Lipinski definition) is 1. The van der Waals surface area contributed by atoms with Crippen LogP contribution in [0.4, 0.5) is 0 Å². The number of carbonyl (C=O) groups excluding carboxylic acids is 1. The molecule has 18 heavy (non-hydrogen) atoms. The maximum Gasteiger partial charge on any atom is 0.226 e. The first kappa shape index (κ1) is 13.5. The number of amides is 1. The molecule has 0 aromatic carbocycles. The Kier molecular flexibility index (Phi) is 4.75. The molecule has 2 rings (SSSR count). The number of hydrogen-bond acceptors (Lipinski definition) is 3. The monoisotopic (exact) mass is 266 g/mol. The second-order valence-corrected chi connectivity index (χ2v) is 6.31. The molecule has 4 heteroatoms. The summed E-state index contributed by atoms with van der Waals surface area (Å²) in [5, 5.41) is 5.11. The van der Waals surface area contributed by atoms with Gasteiger partial charge in [-0.15, -0.1) is 11.3 Å². The van der Waals surface area contributed by atoms with Crippen LogP contribution in [0.2, 0.25) is 0 Å². The Morgan fingerprint density at radius 2 is 2.39 bits per heavy atom. The van der Waals surface area contributed by atoms with Gasteiger partial charge in [-0.3, -0.25) is 4.79 Å². The summed E-state index contributed by atoms with van der Waals surface area (Å²) in [7, 11) is 0. The molecule has 0 bridgehead atoms. The molecule has 1 amide bonds. The normalized spacial score (nSPS) is 24.2. The number of rotatable bonds is 4. The summed E-state index contributed by atoms with van der Waals surface area (Å²) in [6.45, 7) is 4.56. The Bertz CT molecular complexity index is 375. The van der Waals surface area contributed by atoms with E-state index < -0.39 is 0 Å². The van der Waals surface area contributed by atoms with E-state index >= 15 is 0 Å². The van der Waals surface area contributed by atoms with Crippen LogP contribution in [-0.4, -0.2) is 16.9 Å². The van der Waals surface area contributed by atoms with E-state index in [4.69, 9.17) is 0 Å². The maximum absolute atomic E-state index is 11.9. The second-order valence-electron chi connectivity index (χ2n) is 5.59. The van der Waals surface area contributed by atoms with Gasteiger partial charge in [0.05, 0.1) is 17.6 Å². The number of aromatic nitrogens is 1. The van der Waals surface area contributed by atoms with Gasteiger partial charge in [0, 0.05) is 11.4 Å². The summed E-state index contributed by atoms with van der Waals surface area (Å²) >= 11 is 1.54. The lowest BCUT2D eigenvalue weighted by molar-refractivity contribution is -0.121. The first-order valence-electron chi connectivity index (χ1n) is 6.81. The highest BCUT2D eigenvalue weighted by molar-refractivity contribution is 7.07. The Morgan fingerprint density at radius 3 is 3.06 bits per heavy atom. The fourth-order valence-corrected chi connectivity index (χ4v) is 3.29. The lowest BCUT2D eigenvalue weighted by atomic mass is 9.79. The van der Waals surface area contributed by atoms with Crippen molar-refractivity contribution >= 4 is 17.2 Å². The third-order valence-electron chi connectivity index (χ3n) is 3.85. The fraction of sp³-hybridized carbons (Fsp3) is 0.714. The number of carbonyl (C=O) groups is 1. The van der Waals surface area contributed by atoms with Gasteiger partial charge in [0.15, 0.2) is 0 Å². The Labute approximate surface area is 113 Å². The molecule has 0 radical (unpaired) electrons. The summed E-state index contributed by atoms with van der Waals surface area (Å²) < 4.78 is 0. The molecule has 100 valence electrons. The van der Waals surface area contributed by atoms with Crippen LogP contribution >= 0.6 is 11.3 Å². The Hall–Kier alpha value is -0.900. The molecule has 1 aromatic rings. The third kappa shape index (κ3) is 3.80. The van der Waals surface area contributed by atoms with Crippen LogP contribution in [0, 0.1) is 11.8 Å². The highest BCUT2D eigenvalue weighted by Crippen LogP contribution is 2.29. The average molecular weight is 266 g/mol. The van der Waals surface area contributed by atoms with Crippen molar-refractivity contribution in [2.75, 3.05) is 0 Å². The smallest absolute Gasteiger partial charge is 0.226 e. The zero-order chi connectivity index (χ0) is 13.0. The standard InChI is InChI=1S/C14H22N2OS/c1-10(2)11-4-3-5-12(6-11)16-14(17)7-13-8-18-9-15-13/h8-12H,3-7H2,1-2H3,(H,16,17)/t11-,12-/m1/s1. The largest absolute Gasteiger partial charge is 0.353 e. The van der Waals surface area contributed by atoms with Crippen molar-refractivity contribution < 1.29 is 4.79 Å². The Morgan fingerprint density at radius 1 is 1.56 bits per heavy atom. The lowest BCUT2D eigenvalue weighted by Crippen LogP contribution is -2.40. The van der Waals surface area contributed by atoms with E-state index in [1.165, 1.54) is 12.8 Å². The van der Waals surface area contributed by atoms with E-state index in [0.29, 0.717) is 12.5 Å². The number of thiazole rings is 1. The van der Waals surface area contributed by atoms with Crippen LogP contribution in [0.3, 0.4) is 0 Å². The first-order valence-corrected chi connectivity index (χ1v) is 7.76. The van der Waals surface area contributed by atoms with E-state index in [1.807, 2.05) is 5.38 Å². The molecule has 2 atom stereocenters. The summed E-state index contributed by atoms with van der Waals surface area (Å²) in [6.07, 6.45) is 5.25. The van der Waals surface area contributed by atoms with Crippen molar-refractivity contribution in [2.24, 2.45) is 11.8 Å². The number of nitrogens with zero attached hydrogens (tertiary/aromatic N) is 1. The Balaban J connectivity index is 1.80. The summed E-state index contributed by atoms with van der Waals surface area (Å²) in [5.41, 5.74) is 2.66. The number of nitrogens with one attached hydrogen (secondary N) is 1. The van der Waals surface area contributed by atoms with Crippen LogP contribution in [0.5, 0.6) is 0 Å². The fourth-order valence-electron chi connectivity index (χ4n) is 2.73. The van der Waals surface area contributed by atoms with Crippen molar-refractivity contribution in [3.63, 3.8) is 0 Å². The zero-order valence-corrected chi connectivity index (χ0v) is 12.0. The predicted molar refractivity (Wildman–Crippen MR) is 74.5 cm³/mol. The van der Waals surface area contributed by atoms with Crippen molar-refractivity contribution in [1.29, 1.82) is 0 Å². The molecule has 0 saturated heterocycles. The van der Waals surface area contributed by atoms with Gasteiger partial charge in [0.1, 0.15) is 0 Å². The van der Waals surface area contributed by atoms with E-state index in [0.717, 1.165) is 30.4 Å².